The minimum atomic E-state index is -4.50. The molecule has 1 heterocycles. The van der Waals surface area contributed by atoms with E-state index in [-0.39, 0.29) is 46.8 Å². The fraction of sp³-hybridized carbons (Fsp3) is 0.304. The van der Waals surface area contributed by atoms with E-state index < -0.39 is 29.3 Å². The molecule has 1 saturated carbocycles. The van der Waals surface area contributed by atoms with Crippen molar-refractivity contribution in [1.29, 1.82) is 0 Å². The van der Waals surface area contributed by atoms with Gasteiger partial charge in [0.15, 0.2) is 11.6 Å². The topological polar surface area (TPSA) is 54.0 Å². The normalized spacial score (nSPS) is 18.5. The van der Waals surface area contributed by atoms with E-state index in [4.69, 9.17) is 0 Å². The van der Waals surface area contributed by atoms with Gasteiger partial charge in [-0.15, -0.1) is 12.4 Å². The number of nitrogens with zero attached hydrogens (tertiary/aromatic N) is 1. The van der Waals surface area contributed by atoms with Gasteiger partial charge in [-0.2, -0.15) is 13.2 Å². The number of amides is 1. The van der Waals surface area contributed by atoms with Crippen molar-refractivity contribution in [3.63, 3.8) is 0 Å². The van der Waals surface area contributed by atoms with Crippen molar-refractivity contribution in [1.82, 2.24) is 10.3 Å². The molecule has 1 fully saturated rings. The van der Waals surface area contributed by atoms with E-state index in [0.29, 0.717) is 25.7 Å². The predicted octanol–water partition coefficient (Wildman–Crippen LogP) is 6.11. The second-order valence-electron chi connectivity index (χ2n) is 7.87. The van der Waals surface area contributed by atoms with Gasteiger partial charge in [0.05, 0.1) is 11.1 Å². The Bertz CT molecular complexity index is 1150. The summed E-state index contributed by atoms with van der Waals surface area (Å²) >= 11 is 0. The van der Waals surface area contributed by atoms with Gasteiger partial charge in [-0.25, -0.2) is 13.8 Å². The summed E-state index contributed by atoms with van der Waals surface area (Å²) in [4.78, 5) is 16.6. The van der Waals surface area contributed by atoms with Gasteiger partial charge in [-0.1, -0.05) is 18.2 Å². The third-order valence-corrected chi connectivity index (χ3v) is 5.62. The molecule has 33 heavy (non-hydrogen) atoms. The number of anilines is 1. The van der Waals surface area contributed by atoms with Crippen LogP contribution >= 0.6 is 12.4 Å². The molecule has 3 aromatic rings. The first-order valence-corrected chi connectivity index (χ1v) is 10.2. The van der Waals surface area contributed by atoms with Gasteiger partial charge in [0.25, 0.3) is 5.91 Å². The number of hydrogen-bond acceptors (Lipinski definition) is 3. The van der Waals surface area contributed by atoms with Gasteiger partial charge in [-0.05, 0) is 56.0 Å². The number of nitrogens with one attached hydrogen (secondary N) is 2. The van der Waals surface area contributed by atoms with Crippen LogP contribution in [-0.2, 0) is 6.18 Å². The van der Waals surface area contributed by atoms with Crippen molar-refractivity contribution < 1.29 is 26.7 Å². The quantitative estimate of drug-likeness (QED) is 0.439. The molecule has 2 N–H and O–H groups in total. The molecule has 1 amide bonds. The Morgan fingerprint density at radius 2 is 1.58 bits per heavy atom. The molecule has 0 aliphatic heterocycles. The van der Waals surface area contributed by atoms with Crippen LogP contribution < -0.4 is 10.6 Å². The van der Waals surface area contributed by atoms with Crippen LogP contribution in [0.15, 0.2) is 48.5 Å². The van der Waals surface area contributed by atoms with Crippen LogP contribution in [0.2, 0.25) is 0 Å². The molecule has 4 rings (SSSR count). The maximum absolute atomic E-state index is 13.5. The van der Waals surface area contributed by atoms with Gasteiger partial charge in [-0.3, -0.25) is 4.79 Å². The number of carbonyl (C=O) groups is 1. The first-order chi connectivity index (χ1) is 15.2. The Kier molecular flexibility index (Phi) is 7.41. The summed E-state index contributed by atoms with van der Waals surface area (Å²) < 4.78 is 66.9. The van der Waals surface area contributed by atoms with E-state index >= 15 is 0 Å². The highest BCUT2D eigenvalue weighted by Crippen LogP contribution is 2.36. The van der Waals surface area contributed by atoms with Crippen molar-refractivity contribution in [3.05, 3.63) is 71.3 Å². The molecule has 1 aromatic heterocycles. The lowest BCUT2D eigenvalue weighted by Crippen LogP contribution is -2.40. The Morgan fingerprint density at radius 1 is 0.909 bits per heavy atom. The Balaban J connectivity index is 0.00000306. The largest absolute Gasteiger partial charge is 0.417 e. The first kappa shape index (κ1) is 24.7. The number of rotatable bonds is 4. The highest BCUT2D eigenvalue weighted by atomic mass is 35.5. The maximum Gasteiger partial charge on any atom is 0.417 e. The average Bonchev–Trinajstić information content (AvgIpc) is 2.75. The average molecular weight is 486 g/mol. The second kappa shape index (κ2) is 9.91. The van der Waals surface area contributed by atoms with Crippen LogP contribution in [0.5, 0.6) is 0 Å². The highest BCUT2D eigenvalue weighted by Gasteiger charge is 2.34. The van der Waals surface area contributed by atoms with Crippen LogP contribution in [0.4, 0.5) is 27.8 Å². The zero-order valence-corrected chi connectivity index (χ0v) is 18.1. The molecular weight excluding hydrogens is 465 g/mol. The summed E-state index contributed by atoms with van der Waals surface area (Å²) in [5.74, 6) is -2.45. The van der Waals surface area contributed by atoms with Gasteiger partial charge in [0, 0.05) is 23.0 Å². The van der Waals surface area contributed by atoms with E-state index in [2.05, 4.69) is 15.6 Å². The maximum atomic E-state index is 13.5. The molecule has 0 spiro atoms. The van der Waals surface area contributed by atoms with Crippen molar-refractivity contribution in [2.45, 2.75) is 43.9 Å². The number of para-hydroxylation sites is 1. The number of hydrogen-bond donors (Lipinski definition) is 2. The Labute approximate surface area is 193 Å². The number of alkyl halides is 3. The zero-order chi connectivity index (χ0) is 22.9. The summed E-state index contributed by atoms with van der Waals surface area (Å²) in [5, 5.41) is 5.94. The van der Waals surface area contributed by atoms with E-state index in [9.17, 15) is 26.7 Å². The van der Waals surface area contributed by atoms with Crippen molar-refractivity contribution >= 4 is 35.0 Å². The second-order valence-corrected chi connectivity index (χ2v) is 7.87. The monoisotopic (exact) mass is 485 g/mol. The third kappa shape index (κ3) is 5.71. The summed E-state index contributed by atoms with van der Waals surface area (Å²) in [5.41, 5.74) is -0.445. The lowest BCUT2D eigenvalue weighted by molar-refractivity contribution is -0.136. The Morgan fingerprint density at radius 3 is 2.24 bits per heavy atom. The van der Waals surface area contributed by atoms with Gasteiger partial charge in [0.2, 0.25) is 0 Å². The van der Waals surface area contributed by atoms with Crippen molar-refractivity contribution in [2.24, 2.45) is 0 Å². The molecule has 10 heteroatoms. The number of carbonyl (C=O) groups excluding carboxylic acids is 1. The fourth-order valence-electron chi connectivity index (χ4n) is 3.98. The molecule has 1 aliphatic rings. The highest BCUT2D eigenvalue weighted by molar-refractivity contribution is 5.94. The molecule has 0 bridgehead atoms. The van der Waals surface area contributed by atoms with Crippen molar-refractivity contribution in [3.8, 4) is 0 Å². The third-order valence-electron chi connectivity index (χ3n) is 5.62. The molecular formula is C23H21ClF5N3O. The molecule has 0 radical (unpaired) electrons. The van der Waals surface area contributed by atoms with E-state index in [1.165, 1.54) is 12.1 Å². The summed E-state index contributed by atoms with van der Waals surface area (Å²) in [6, 6.07) is 9.85. The minimum absolute atomic E-state index is 0. The standard InChI is InChI=1S/C23H20F5N3O.ClH/c24-18-10-5-13(11-19(18)25)22(32)30-15-8-6-14(7-9-15)29-21-12-17(23(26,27)28)16-3-1-2-4-20(16)31-21;/h1-5,10-12,14-15H,6-9H2,(H,29,31)(H,30,32);1H. The lowest BCUT2D eigenvalue weighted by Gasteiger charge is -2.30. The predicted molar refractivity (Wildman–Crippen MR) is 117 cm³/mol. The van der Waals surface area contributed by atoms with Crippen LogP contribution in [0.25, 0.3) is 10.9 Å². The van der Waals surface area contributed by atoms with E-state index in [0.717, 1.165) is 18.2 Å². The van der Waals surface area contributed by atoms with Crippen LogP contribution in [0, 0.1) is 11.6 Å². The molecule has 2 aromatic carbocycles. The van der Waals surface area contributed by atoms with Crippen LogP contribution in [0.1, 0.15) is 41.6 Å². The number of fused-ring (bicyclic) bond motifs is 1. The first-order valence-electron chi connectivity index (χ1n) is 10.2. The van der Waals surface area contributed by atoms with Gasteiger partial charge in [0.1, 0.15) is 5.82 Å². The fourth-order valence-corrected chi connectivity index (χ4v) is 3.98. The molecule has 0 atom stereocenters. The number of benzene rings is 2. The zero-order valence-electron chi connectivity index (χ0n) is 17.3. The van der Waals surface area contributed by atoms with E-state index in [1.54, 1.807) is 18.2 Å². The molecule has 4 nitrogen and oxygen atoms in total. The Hall–Kier alpha value is -2.94. The molecule has 1 aliphatic carbocycles. The van der Waals surface area contributed by atoms with E-state index in [1.807, 2.05) is 0 Å². The SMILES string of the molecule is Cl.O=C(NC1CCC(Nc2cc(C(F)(F)F)c3ccccc3n2)CC1)c1ccc(F)c(F)c1. The summed E-state index contributed by atoms with van der Waals surface area (Å²) in [6.45, 7) is 0. The van der Waals surface area contributed by atoms with Crippen molar-refractivity contribution in [2.75, 3.05) is 5.32 Å². The molecule has 0 saturated heterocycles. The van der Waals surface area contributed by atoms with Gasteiger partial charge < -0.3 is 10.6 Å². The van der Waals surface area contributed by atoms with Crippen LogP contribution in [0.3, 0.4) is 0 Å². The number of halogens is 6. The molecule has 176 valence electrons. The lowest BCUT2D eigenvalue weighted by atomic mass is 9.91. The smallest absolute Gasteiger partial charge is 0.367 e. The minimum Gasteiger partial charge on any atom is -0.367 e. The molecule has 0 unspecified atom stereocenters. The van der Waals surface area contributed by atoms with Crippen LogP contribution in [-0.4, -0.2) is 23.0 Å². The number of pyridine rings is 1. The summed E-state index contributed by atoms with van der Waals surface area (Å²) in [7, 11) is 0. The summed E-state index contributed by atoms with van der Waals surface area (Å²) in [6.07, 6.45) is -2.10. The van der Waals surface area contributed by atoms with Gasteiger partial charge >= 0.3 is 6.18 Å². The number of aromatic nitrogens is 1.